The van der Waals surface area contributed by atoms with Crippen LogP contribution in [0.3, 0.4) is 0 Å². The Balaban J connectivity index is 0.00000242. The molecule has 1 saturated carbocycles. The Morgan fingerprint density at radius 1 is 1.36 bits per heavy atom. The Bertz CT molecular complexity index is 522. The molecule has 0 spiro atoms. The summed E-state index contributed by atoms with van der Waals surface area (Å²) in [5.41, 5.74) is 1.10. The lowest BCUT2D eigenvalue weighted by atomic mass is 10.2. The van der Waals surface area contributed by atoms with E-state index in [0.29, 0.717) is 6.04 Å². The molecule has 0 radical (unpaired) electrons. The number of benzene rings is 1. The molecular formula is C16H26IN3O2. The second-order valence-electron chi connectivity index (χ2n) is 5.54. The molecule has 124 valence electrons. The Labute approximate surface area is 150 Å². The summed E-state index contributed by atoms with van der Waals surface area (Å²) < 4.78 is 10.7. The first kappa shape index (κ1) is 18.9. The van der Waals surface area contributed by atoms with Gasteiger partial charge in [0.05, 0.1) is 14.2 Å². The molecule has 1 aromatic carbocycles. The van der Waals surface area contributed by atoms with Gasteiger partial charge in [0.1, 0.15) is 11.5 Å². The van der Waals surface area contributed by atoms with E-state index >= 15 is 0 Å². The molecule has 2 atom stereocenters. The minimum Gasteiger partial charge on any atom is -0.497 e. The number of aliphatic imine (C=N–C) groups is 1. The van der Waals surface area contributed by atoms with Crippen LogP contribution in [0, 0.1) is 5.92 Å². The van der Waals surface area contributed by atoms with Gasteiger partial charge in [-0.1, -0.05) is 6.92 Å². The molecule has 0 amide bonds. The van der Waals surface area contributed by atoms with Gasteiger partial charge in [0.15, 0.2) is 5.96 Å². The van der Waals surface area contributed by atoms with Crippen LogP contribution in [0.25, 0.3) is 0 Å². The topological polar surface area (TPSA) is 46.1 Å². The number of hydrogen-bond acceptors (Lipinski definition) is 3. The normalized spacial score (nSPS) is 20.0. The van der Waals surface area contributed by atoms with Crippen LogP contribution in [0.1, 0.15) is 18.9 Å². The fourth-order valence-electron chi connectivity index (χ4n) is 2.35. The molecule has 0 saturated heterocycles. The molecule has 2 rings (SSSR count). The summed E-state index contributed by atoms with van der Waals surface area (Å²) in [4.78, 5) is 6.46. The first-order chi connectivity index (χ1) is 10.1. The van der Waals surface area contributed by atoms with E-state index in [-0.39, 0.29) is 24.0 Å². The van der Waals surface area contributed by atoms with Crippen molar-refractivity contribution in [3.05, 3.63) is 23.8 Å². The highest BCUT2D eigenvalue weighted by Gasteiger charge is 2.33. The van der Waals surface area contributed by atoms with Crippen molar-refractivity contribution in [2.75, 3.05) is 28.3 Å². The van der Waals surface area contributed by atoms with E-state index < -0.39 is 0 Å². The third kappa shape index (κ3) is 4.66. The number of hydrogen-bond donors (Lipinski definition) is 1. The van der Waals surface area contributed by atoms with Crippen LogP contribution in [0.15, 0.2) is 23.2 Å². The van der Waals surface area contributed by atoms with Gasteiger partial charge in [-0.05, 0) is 24.5 Å². The number of rotatable bonds is 5. The standard InChI is InChI=1S/C16H25N3O2.HI/c1-11-8-14(11)18-16(17-2)19(3)10-12-6-7-13(20-4)9-15(12)21-5;/h6-7,9,11,14H,8,10H2,1-5H3,(H,17,18);1H. The second kappa shape index (κ2) is 8.45. The van der Waals surface area contributed by atoms with Gasteiger partial charge in [0.2, 0.25) is 0 Å². The van der Waals surface area contributed by atoms with E-state index in [1.54, 1.807) is 14.2 Å². The summed E-state index contributed by atoms with van der Waals surface area (Å²) in [7, 11) is 7.18. The first-order valence-electron chi connectivity index (χ1n) is 7.24. The molecule has 22 heavy (non-hydrogen) atoms. The Morgan fingerprint density at radius 3 is 2.55 bits per heavy atom. The predicted octanol–water partition coefficient (Wildman–Crippen LogP) is 2.74. The van der Waals surface area contributed by atoms with E-state index in [9.17, 15) is 0 Å². The summed E-state index contributed by atoms with van der Waals surface area (Å²) in [6, 6.07) is 6.44. The van der Waals surface area contributed by atoms with E-state index in [1.165, 1.54) is 6.42 Å². The highest BCUT2D eigenvalue weighted by molar-refractivity contribution is 14.0. The van der Waals surface area contributed by atoms with Crippen LogP contribution >= 0.6 is 24.0 Å². The van der Waals surface area contributed by atoms with Crippen molar-refractivity contribution in [2.45, 2.75) is 25.9 Å². The van der Waals surface area contributed by atoms with Crippen molar-refractivity contribution in [3.8, 4) is 11.5 Å². The summed E-state index contributed by atoms with van der Waals surface area (Å²) in [6.45, 7) is 2.98. The van der Waals surface area contributed by atoms with Crippen molar-refractivity contribution in [3.63, 3.8) is 0 Å². The largest absolute Gasteiger partial charge is 0.497 e. The van der Waals surface area contributed by atoms with Gasteiger partial charge in [-0.3, -0.25) is 4.99 Å². The maximum atomic E-state index is 5.45. The lowest BCUT2D eigenvalue weighted by Gasteiger charge is -2.23. The van der Waals surface area contributed by atoms with E-state index in [2.05, 4.69) is 22.1 Å². The minimum absolute atomic E-state index is 0. The van der Waals surface area contributed by atoms with Gasteiger partial charge in [-0.2, -0.15) is 0 Å². The van der Waals surface area contributed by atoms with Crippen LogP contribution < -0.4 is 14.8 Å². The van der Waals surface area contributed by atoms with Gasteiger partial charge in [-0.15, -0.1) is 24.0 Å². The molecule has 1 aromatic rings. The quantitative estimate of drug-likeness (QED) is 0.453. The van der Waals surface area contributed by atoms with Gasteiger partial charge in [-0.25, -0.2) is 0 Å². The van der Waals surface area contributed by atoms with Crippen molar-refractivity contribution in [1.29, 1.82) is 0 Å². The predicted molar refractivity (Wildman–Crippen MR) is 100 cm³/mol. The fourth-order valence-corrected chi connectivity index (χ4v) is 2.35. The molecule has 0 bridgehead atoms. The highest BCUT2D eigenvalue weighted by atomic mass is 127. The molecule has 6 heteroatoms. The second-order valence-corrected chi connectivity index (χ2v) is 5.54. The van der Waals surface area contributed by atoms with Crippen molar-refractivity contribution < 1.29 is 9.47 Å². The van der Waals surface area contributed by atoms with Crippen LogP contribution in [-0.4, -0.2) is 45.2 Å². The fraction of sp³-hybridized carbons (Fsp3) is 0.562. The summed E-state index contributed by atoms with van der Waals surface area (Å²) in [5.74, 6) is 3.29. The van der Waals surface area contributed by atoms with E-state index in [1.807, 2.05) is 32.3 Å². The zero-order valence-corrected chi connectivity index (χ0v) is 16.3. The molecule has 5 nitrogen and oxygen atoms in total. The lowest BCUT2D eigenvalue weighted by Crippen LogP contribution is -2.40. The number of nitrogens with one attached hydrogen (secondary N) is 1. The third-order valence-electron chi connectivity index (χ3n) is 3.90. The average molecular weight is 419 g/mol. The van der Waals surface area contributed by atoms with Crippen LogP contribution in [-0.2, 0) is 6.54 Å². The highest BCUT2D eigenvalue weighted by Crippen LogP contribution is 2.29. The summed E-state index contributed by atoms with van der Waals surface area (Å²) in [6.07, 6.45) is 1.22. The van der Waals surface area contributed by atoms with Crippen molar-refractivity contribution >= 4 is 29.9 Å². The minimum atomic E-state index is 0. The Hall–Kier alpha value is -1.18. The number of halogens is 1. The molecule has 1 aliphatic rings. The van der Waals surface area contributed by atoms with Gasteiger partial charge in [0, 0.05) is 38.3 Å². The van der Waals surface area contributed by atoms with Crippen LogP contribution in [0.2, 0.25) is 0 Å². The zero-order valence-electron chi connectivity index (χ0n) is 13.9. The van der Waals surface area contributed by atoms with Gasteiger partial charge < -0.3 is 19.7 Å². The third-order valence-corrected chi connectivity index (χ3v) is 3.90. The van der Waals surface area contributed by atoms with Crippen LogP contribution in [0.4, 0.5) is 0 Å². The monoisotopic (exact) mass is 419 g/mol. The zero-order chi connectivity index (χ0) is 15.4. The maximum Gasteiger partial charge on any atom is 0.193 e. The molecular weight excluding hydrogens is 393 g/mol. The lowest BCUT2D eigenvalue weighted by molar-refractivity contribution is 0.382. The number of ether oxygens (including phenoxy) is 2. The molecule has 1 aliphatic carbocycles. The Morgan fingerprint density at radius 2 is 2.05 bits per heavy atom. The Kier molecular flexibility index (Phi) is 7.25. The molecule has 1 fully saturated rings. The van der Waals surface area contributed by atoms with E-state index in [4.69, 9.17) is 9.47 Å². The van der Waals surface area contributed by atoms with Gasteiger partial charge in [0.25, 0.3) is 0 Å². The van der Waals surface area contributed by atoms with Crippen LogP contribution in [0.5, 0.6) is 11.5 Å². The molecule has 0 aliphatic heterocycles. The molecule has 0 heterocycles. The van der Waals surface area contributed by atoms with Gasteiger partial charge >= 0.3 is 0 Å². The van der Waals surface area contributed by atoms with Crippen molar-refractivity contribution in [2.24, 2.45) is 10.9 Å². The smallest absolute Gasteiger partial charge is 0.193 e. The number of methoxy groups -OCH3 is 2. The van der Waals surface area contributed by atoms with E-state index in [0.717, 1.165) is 35.5 Å². The number of nitrogens with zero attached hydrogens (tertiary/aromatic N) is 2. The van der Waals surface area contributed by atoms with Crippen molar-refractivity contribution in [1.82, 2.24) is 10.2 Å². The molecule has 0 aromatic heterocycles. The average Bonchev–Trinajstić information content (AvgIpc) is 3.20. The SMILES string of the molecule is CN=C(NC1CC1C)N(C)Cc1ccc(OC)cc1OC.I. The maximum absolute atomic E-state index is 5.45. The summed E-state index contributed by atoms with van der Waals surface area (Å²) in [5, 5.41) is 3.48. The molecule has 1 N–H and O–H groups in total. The summed E-state index contributed by atoms with van der Waals surface area (Å²) >= 11 is 0. The number of guanidine groups is 1. The molecule has 2 unspecified atom stereocenters. The first-order valence-corrected chi connectivity index (χ1v) is 7.24.